The molecule has 0 amide bonds. The number of hydrogen-bond donors (Lipinski definition) is 1. The van der Waals surface area contributed by atoms with Crippen LogP contribution in [0.25, 0.3) is 0 Å². The van der Waals surface area contributed by atoms with Crippen LogP contribution in [-0.2, 0) is 4.74 Å². The van der Waals surface area contributed by atoms with E-state index in [9.17, 15) is 0 Å². The monoisotopic (exact) mass is 198 g/mol. The Labute approximate surface area is 86.6 Å². The normalized spacial score (nSPS) is 38.6. The number of ether oxygens (including phenoxy) is 1. The SMILES string of the molecule is COCCN1CC2CCCC(C1)C2N. The van der Waals surface area contributed by atoms with E-state index < -0.39 is 0 Å². The van der Waals surface area contributed by atoms with Gasteiger partial charge in [-0.25, -0.2) is 0 Å². The molecule has 0 aromatic heterocycles. The lowest BCUT2D eigenvalue weighted by atomic mass is 9.74. The summed E-state index contributed by atoms with van der Waals surface area (Å²) in [5.74, 6) is 1.50. The second-order valence-corrected chi connectivity index (χ2v) is 4.78. The molecule has 1 saturated heterocycles. The van der Waals surface area contributed by atoms with Gasteiger partial charge in [0.15, 0.2) is 0 Å². The summed E-state index contributed by atoms with van der Waals surface area (Å²) in [6, 6.07) is 0.475. The number of rotatable bonds is 3. The fourth-order valence-corrected chi connectivity index (χ4v) is 2.98. The zero-order chi connectivity index (χ0) is 9.97. The van der Waals surface area contributed by atoms with Crippen LogP contribution < -0.4 is 5.73 Å². The second kappa shape index (κ2) is 4.60. The van der Waals surface area contributed by atoms with Gasteiger partial charge in [0.05, 0.1) is 6.61 Å². The molecular weight excluding hydrogens is 176 g/mol. The fourth-order valence-electron chi connectivity index (χ4n) is 2.98. The first-order chi connectivity index (χ1) is 6.81. The number of nitrogens with two attached hydrogens (primary N) is 1. The Morgan fingerprint density at radius 1 is 1.29 bits per heavy atom. The Morgan fingerprint density at radius 2 is 1.93 bits per heavy atom. The summed E-state index contributed by atoms with van der Waals surface area (Å²) in [5.41, 5.74) is 6.22. The van der Waals surface area contributed by atoms with Crippen LogP contribution in [0.5, 0.6) is 0 Å². The van der Waals surface area contributed by atoms with Crippen LogP contribution in [0.4, 0.5) is 0 Å². The van der Waals surface area contributed by atoms with E-state index >= 15 is 0 Å². The maximum atomic E-state index is 6.22. The first kappa shape index (κ1) is 10.4. The summed E-state index contributed by atoms with van der Waals surface area (Å²) in [6.07, 6.45) is 4.06. The fraction of sp³-hybridized carbons (Fsp3) is 1.00. The highest BCUT2D eigenvalue weighted by Gasteiger charge is 2.36. The van der Waals surface area contributed by atoms with Crippen LogP contribution in [0.2, 0.25) is 0 Å². The van der Waals surface area contributed by atoms with Gasteiger partial charge < -0.3 is 15.4 Å². The lowest BCUT2D eigenvalue weighted by Crippen LogP contribution is -2.55. The number of piperidine rings is 1. The number of hydrogen-bond acceptors (Lipinski definition) is 3. The summed E-state index contributed by atoms with van der Waals surface area (Å²) in [7, 11) is 1.77. The first-order valence-electron chi connectivity index (χ1n) is 5.78. The molecule has 2 aliphatic rings. The highest BCUT2D eigenvalue weighted by Crippen LogP contribution is 2.33. The quantitative estimate of drug-likeness (QED) is 0.725. The molecule has 3 nitrogen and oxygen atoms in total. The van der Waals surface area contributed by atoms with E-state index in [1.807, 2.05) is 0 Å². The maximum absolute atomic E-state index is 6.22. The molecule has 1 aliphatic heterocycles. The molecule has 1 heterocycles. The molecule has 2 atom stereocenters. The molecule has 1 saturated carbocycles. The van der Waals surface area contributed by atoms with Crippen molar-refractivity contribution in [1.29, 1.82) is 0 Å². The number of likely N-dealkylation sites (tertiary alicyclic amines) is 1. The lowest BCUT2D eigenvalue weighted by molar-refractivity contribution is 0.0455. The summed E-state index contributed by atoms with van der Waals surface area (Å²) < 4.78 is 5.12. The summed E-state index contributed by atoms with van der Waals surface area (Å²) in [4.78, 5) is 2.53. The predicted molar refractivity (Wildman–Crippen MR) is 57.1 cm³/mol. The van der Waals surface area contributed by atoms with Crippen molar-refractivity contribution in [3.05, 3.63) is 0 Å². The van der Waals surface area contributed by atoms with Crippen LogP contribution in [0, 0.1) is 11.8 Å². The third-order valence-corrected chi connectivity index (χ3v) is 3.84. The Kier molecular flexibility index (Phi) is 3.42. The Hall–Kier alpha value is -0.120. The van der Waals surface area contributed by atoms with E-state index in [2.05, 4.69) is 4.90 Å². The average Bonchev–Trinajstić information content (AvgIpc) is 2.15. The van der Waals surface area contributed by atoms with Crippen molar-refractivity contribution in [2.24, 2.45) is 17.6 Å². The lowest BCUT2D eigenvalue weighted by Gasteiger charge is -2.45. The predicted octanol–water partition coefficient (Wildman–Crippen LogP) is 0.692. The summed E-state index contributed by atoms with van der Waals surface area (Å²) >= 11 is 0. The van der Waals surface area contributed by atoms with Gasteiger partial charge in [-0.3, -0.25) is 0 Å². The molecule has 2 N–H and O–H groups in total. The molecule has 1 aliphatic carbocycles. The molecule has 0 spiro atoms. The van der Waals surface area contributed by atoms with E-state index in [1.54, 1.807) is 7.11 Å². The van der Waals surface area contributed by atoms with Crippen LogP contribution in [0.15, 0.2) is 0 Å². The molecule has 2 rings (SSSR count). The molecule has 14 heavy (non-hydrogen) atoms. The Balaban J connectivity index is 1.87. The van der Waals surface area contributed by atoms with Gasteiger partial charge in [0.2, 0.25) is 0 Å². The number of methoxy groups -OCH3 is 1. The largest absolute Gasteiger partial charge is 0.383 e. The minimum Gasteiger partial charge on any atom is -0.383 e. The number of nitrogens with zero attached hydrogens (tertiary/aromatic N) is 1. The van der Waals surface area contributed by atoms with Gasteiger partial charge in [-0.1, -0.05) is 6.42 Å². The second-order valence-electron chi connectivity index (χ2n) is 4.78. The van der Waals surface area contributed by atoms with E-state index in [0.717, 1.165) is 25.0 Å². The van der Waals surface area contributed by atoms with Gasteiger partial charge in [0, 0.05) is 32.8 Å². The Morgan fingerprint density at radius 3 is 2.50 bits per heavy atom. The molecule has 0 aromatic rings. The van der Waals surface area contributed by atoms with E-state index in [1.165, 1.54) is 32.4 Å². The van der Waals surface area contributed by atoms with Crippen molar-refractivity contribution < 1.29 is 4.74 Å². The molecule has 82 valence electrons. The number of fused-ring (bicyclic) bond motifs is 2. The molecule has 2 fully saturated rings. The van der Waals surface area contributed by atoms with Gasteiger partial charge in [-0.05, 0) is 24.7 Å². The highest BCUT2D eigenvalue weighted by molar-refractivity contribution is 4.92. The molecule has 3 heteroatoms. The molecule has 2 unspecified atom stereocenters. The summed E-state index contributed by atoms with van der Waals surface area (Å²) in [5, 5.41) is 0. The Bertz CT molecular complexity index is 172. The minimum atomic E-state index is 0.475. The summed E-state index contributed by atoms with van der Waals surface area (Å²) in [6.45, 7) is 4.33. The van der Waals surface area contributed by atoms with Crippen molar-refractivity contribution in [2.75, 3.05) is 33.4 Å². The van der Waals surface area contributed by atoms with Crippen molar-refractivity contribution in [2.45, 2.75) is 25.3 Å². The molecular formula is C11H22N2O. The zero-order valence-corrected chi connectivity index (χ0v) is 9.11. The highest BCUT2D eigenvalue weighted by atomic mass is 16.5. The van der Waals surface area contributed by atoms with Crippen molar-refractivity contribution in [3.8, 4) is 0 Å². The molecule has 2 bridgehead atoms. The third-order valence-electron chi connectivity index (χ3n) is 3.84. The minimum absolute atomic E-state index is 0.475. The average molecular weight is 198 g/mol. The molecule has 0 aromatic carbocycles. The van der Waals surface area contributed by atoms with Crippen LogP contribution in [0.3, 0.4) is 0 Å². The smallest absolute Gasteiger partial charge is 0.0589 e. The van der Waals surface area contributed by atoms with Gasteiger partial charge in [-0.2, -0.15) is 0 Å². The van der Waals surface area contributed by atoms with Gasteiger partial charge in [-0.15, -0.1) is 0 Å². The maximum Gasteiger partial charge on any atom is 0.0589 e. The topological polar surface area (TPSA) is 38.5 Å². The van der Waals surface area contributed by atoms with E-state index in [-0.39, 0.29) is 0 Å². The van der Waals surface area contributed by atoms with Crippen molar-refractivity contribution in [1.82, 2.24) is 4.90 Å². The van der Waals surface area contributed by atoms with E-state index in [0.29, 0.717) is 6.04 Å². The zero-order valence-electron chi connectivity index (χ0n) is 9.11. The van der Waals surface area contributed by atoms with Crippen molar-refractivity contribution in [3.63, 3.8) is 0 Å². The van der Waals surface area contributed by atoms with Crippen LogP contribution in [-0.4, -0.2) is 44.3 Å². The van der Waals surface area contributed by atoms with Crippen LogP contribution in [0.1, 0.15) is 19.3 Å². The third kappa shape index (κ3) is 2.10. The molecule has 0 radical (unpaired) electrons. The van der Waals surface area contributed by atoms with E-state index in [4.69, 9.17) is 10.5 Å². The van der Waals surface area contributed by atoms with Crippen molar-refractivity contribution >= 4 is 0 Å². The standard InChI is InChI=1S/C11H22N2O/c1-14-6-5-13-7-9-3-2-4-10(8-13)11(9)12/h9-11H,2-8,12H2,1H3. The van der Waals surface area contributed by atoms with Gasteiger partial charge in [0.1, 0.15) is 0 Å². The van der Waals surface area contributed by atoms with Crippen LogP contribution >= 0.6 is 0 Å². The first-order valence-corrected chi connectivity index (χ1v) is 5.78. The van der Waals surface area contributed by atoms with Gasteiger partial charge in [0.25, 0.3) is 0 Å². The van der Waals surface area contributed by atoms with Gasteiger partial charge >= 0.3 is 0 Å².